The monoisotopic (exact) mass is 401 g/mol. The van der Waals surface area contributed by atoms with Gasteiger partial charge in [-0.3, -0.25) is 9.10 Å². The smallest absolute Gasteiger partial charge is 0.301 e. The second kappa shape index (κ2) is 8.45. The molecule has 0 bridgehead atoms. The number of rotatable bonds is 6. The summed E-state index contributed by atoms with van der Waals surface area (Å²) in [4.78, 5) is 12.9. The summed E-state index contributed by atoms with van der Waals surface area (Å²) in [5.74, 6) is 0.410. The van der Waals surface area contributed by atoms with Crippen LogP contribution in [-0.2, 0) is 21.5 Å². The van der Waals surface area contributed by atoms with Crippen molar-refractivity contribution in [3.05, 3.63) is 77.5 Å². The fraction of sp³-hybridized carbons (Fsp3) is 0.250. The van der Waals surface area contributed by atoms with Crippen molar-refractivity contribution in [1.29, 1.82) is 0 Å². The van der Waals surface area contributed by atoms with E-state index in [4.69, 9.17) is 4.74 Å². The normalized spacial score (nSPS) is 18.3. The summed E-state index contributed by atoms with van der Waals surface area (Å²) in [5, 5.41) is 2.87. The van der Waals surface area contributed by atoms with Gasteiger partial charge in [-0.15, -0.1) is 0 Å². The zero-order valence-corrected chi connectivity index (χ0v) is 16.6. The Kier molecular flexibility index (Phi) is 6.01. The molecule has 0 spiro atoms. The summed E-state index contributed by atoms with van der Waals surface area (Å²) < 4.78 is 33.7. The lowest BCUT2D eigenvalue weighted by atomic mass is 9.99. The van der Waals surface area contributed by atoms with Gasteiger partial charge in [0.25, 0.3) is 5.91 Å². The highest BCUT2D eigenvalue weighted by atomic mass is 32.2. The lowest BCUT2D eigenvalue weighted by molar-refractivity contribution is -0.118. The van der Waals surface area contributed by atoms with Crippen molar-refractivity contribution in [2.24, 2.45) is 0 Å². The Labute approximate surface area is 165 Å². The van der Waals surface area contributed by atoms with Gasteiger partial charge in [0.15, 0.2) is 0 Å². The molecule has 1 amide bonds. The third-order valence-electron chi connectivity index (χ3n) is 4.49. The lowest BCUT2D eigenvalue weighted by Gasteiger charge is -2.31. The van der Waals surface area contributed by atoms with Gasteiger partial charge in [0.05, 0.1) is 18.7 Å². The number of ether oxygens (including phenoxy) is 1. The first-order chi connectivity index (χ1) is 13.4. The van der Waals surface area contributed by atoms with Crippen molar-refractivity contribution >= 4 is 16.1 Å². The number of amides is 1. The molecule has 2 N–H and O–H groups in total. The van der Waals surface area contributed by atoms with Crippen LogP contribution < -0.4 is 14.8 Å². The molecular formula is C20H23N3O4S. The summed E-state index contributed by atoms with van der Waals surface area (Å²) in [6, 6.07) is 15.7. The van der Waals surface area contributed by atoms with Crippen LogP contribution in [0.4, 0.5) is 0 Å². The maximum absolute atomic E-state index is 12.9. The molecule has 3 rings (SSSR count). The predicted octanol–water partition coefficient (Wildman–Crippen LogP) is 2.11. The molecule has 0 aliphatic carbocycles. The van der Waals surface area contributed by atoms with Gasteiger partial charge in [0.2, 0.25) is 0 Å². The molecule has 28 heavy (non-hydrogen) atoms. The first kappa shape index (κ1) is 19.9. The van der Waals surface area contributed by atoms with Gasteiger partial charge < -0.3 is 10.1 Å². The van der Waals surface area contributed by atoms with Crippen molar-refractivity contribution in [1.82, 2.24) is 14.3 Å². The molecule has 1 unspecified atom stereocenters. The summed E-state index contributed by atoms with van der Waals surface area (Å²) in [7, 11) is -2.11. The topological polar surface area (TPSA) is 87.7 Å². The molecule has 2 aromatic rings. The number of hydrogen-bond donors (Lipinski definition) is 2. The summed E-state index contributed by atoms with van der Waals surface area (Å²) in [6.45, 7) is 2.26. The molecule has 0 fully saturated rings. The van der Waals surface area contributed by atoms with Crippen molar-refractivity contribution in [3.63, 3.8) is 0 Å². The van der Waals surface area contributed by atoms with Gasteiger partial charge in [-0.1, -0.05) is 42.5 Å². The van der Waals surface area contributed by atoms with Crippen LogP contribution in [0.5, 0.6) is 5.75 Å². The molecule has 0 aromatic heterocycles. The van der Waals surface area contributed by atoms with Gasteiger partial charge in [-0.25, -0.2) is 0 Å². The third kappa shape index (κ3) is 4.35. The van der Waals surface area contributed by atoms with E-state index in [0.29, 0.717) is 17.7 Å². The molecule has 1 atom stereocenters. The van der Waals surface area contributed by atoms with Crippen molar-refractivity contribution in [2.75, 3.05) is 13.7 Å². The van der Waals surface area contributed by atoms with Gasteiger partial charge in [0.1, 0.15) is 5.75 Å². The Bertz CT molecular complexity index is 957. The highest BCUT2D eigenvalue weighted by Crippen LogP contribution is 2.28. The Morgan fingerprint density at radius 3 is 2.43 bits per heavy atom. The fourth-order valence-electron chi connectivity index (χ4n) is 2.95. The third-order valence-corrected chi connectivity index (χ3v) is 6.00. The van der Waals surface area contributed by atoms with Crippen LogP contribution >= 0.6 is 0 Å². The number of nitrogens with zero attached hydrogens (tertiary/aromatic N) is 1. The van der Waals surface area contributed by atoms with Crippen LogP contribution in [0.1, 0.15) is 24.1 Å². The minimum absolute atomic E-state index is 0.228. The van der Waals surface area contributed by atoms with E-state index in [9.17, 15) is 13.2 Å². The van der Waals surface area contributed by atoms with E-state index in [2.05, 4.69) is 10.0 Å². The summed E-state index contributed by atoms with van der Waals surface area (Å²) >= 11 is 0. The average molecular weight is 401 g/mol. The van der Waals surface area contributed by atoms with E-state index in [1.165, 1.54) is 6.20 Å². The van der Waals surface area contributed by atoms with E-state index in [-0.39, 0.29) is 12.5 Å². The van der Waals surface area contributed by atoms with Crippen molar-refractivity contribution in [3.8, 4) is 5.75 Å². The minimum Gasteiger partial charge on any atom is -0.497 e. The fourth-order valence-corrected chi connectivity index (χ4v) is 4.24. The number of carbonyl (C=O) groups excluding carboxylic acids is 1. The van der Waals surface area contributed by atoms with Crippen LogP contribution in [-0.4, -0.2) is 32.3 Å². The molecule has 1 aliphatic rings. The first-order valence-corrected chi connectivity index (χ1v) is 10.4. The molecule has 2 aromatic carbocycles. The van der Waals surface area contributed by atoms with E-state index in [0.717, 1.165) is 15.6 Å². The first-order valence-electron chi connectivity index (χ1n) is 8.91. The highest BCUT2D eigenvalue weighted by Gasteiger charge is 2.34. The van der Waals surface area contributed by atoms with Gasteiger partial charge in [0, 0.05) is 19.3 Å². The Hall–Kier alpha value is -2.84. The predicted molar refractivity (Wildman–Crippen MR) is 107 cm³/mol. The standard InChI is InChI=1S/C20H23N3O4S/c1-3-23-14-18(19(22-28(23,25)26)16-7-5-4-6-8-16)20(24)21-13-15-9-11-17(27-2)12-10-15/h4-12,14,19,22H,3,13H2,1-2H3,(H,21,24). The van der Waals surface area contributed by atoms with Crippen LogP contribution in [0.3, 0.4) is 0 Å². The quantitative estimate of drug-likeness (QED) is 0.776. The average Bonchev–Trinajstić information content (AvgIpc) is 2.72. The molecule has 1 heterocycles. The molecule has 148 valence electrons. The molecule has 0 saturated heterocycles. The zero-order valence-electron chi connectivity index (χ0n) is 15.8. The molecule has 1 aliphatic heterocycles. The Morgan fingerprint density at radius 1 is 1.14 bits per heavy atom. The largest absolute Gasteiger partial charge is 0.497 e. The lowest BCUT2D eigenvalue weighted by Crippen LogP contribution is -2.47. The van der Waals surface area contributed by atoms with E-state index in [1.54, 1.807) is 26.2 Å². The molecule has 7 nitrogen and oxygen atoms in total. The summed E-state index contributed by atoms with van der Waals surface area (Å²) in [5.41, 5.74) is 1.96. The van der Waals surface area contributed by atoms with Crippen molar-refractivity contribution in [2.45, 2.75) is 19.5 Å². The minimum atomic E-state index is -3.70. The van der Waals surface area contributed by atoms with Crippen LogP contribution in [0.25, 0.3) is 0 Å². The second-order valence-corrected chi connectivity index (χ2v) is 7.94. The molecule has 8 heteroatoms. The van der Waals surface area contributed by atoms with Gasteiger partial charge >= 0.3 is 10.2 Å². The van der Waals surface area contributed by atoms with Crippen molar-refractivity contribution < 1.29 is 17.9 Å². The molecular weight excluding hydrogens is 378 g/mol. The molecule has 0 radical (unpaired) electrons. The highest BCUT2D eigenvalue weighted by molar-refractivity contribution is 7.87. The SMILES string of the molecule is CCN1C=C(C(=O)NCc2ccc(OC)cc2)C(c2ccccc2)NS1(=O)=O. The second-order valence-electron chi connectivity index (χ2n) is 6.29. The van der Waals surface area contributed by atoms with Crippen LogP contribution in [0, 0.1) is 0 Å². The van der Waals surface area contributed by atoms with E-state index < -0.39 is 16.3 Å². The Morgan fingerprint density at radius 2 is 1.82 bits per heavy atom. The van der Waals surface area contributed by atoms with E-state index in [1.807, 2.05) is 42.5 Å². The van der Waals surface area contributed by atoms with Crippen LogP contribution in [0.15, 0.2) is 66.4 Å². The van der Waals surface area contributed by atoms with Gasteiger partial charge in [-0.05, 0) is 30.2 Å². The number of benzene rings is 2. The van der Waals surface area contributed by atoms with Crippen LogP contribution in [0.2, 0.25) is 0 Å². The van der Waals surface area contributed by atoms with E-state index >= 15 is 0 Å². The number of hydrogen-bond acceptors (Lipinski definition) is 4. The maximum Gasteiger partial charge on any atom is 0.301 e. The summed E-state index contributed by atoms with van der Waals surface area (Å²) in [6.07, 6.45) is 1.41. The number of carbonyl (C=O) groups is 1. The Balaban J connectivity index is 1.84. The van der Waals surface area contributed by atoms with Gasteiger partial charge in [-0.2, -0.15) is 13.1 Å². The molecule has 0 saturated carbocycles. The maximum atomic E-state index is 12.9. The zero-order chi connectivity index (χ0) is 20.1. The number of methoxy groups -OCH3 is 1. The number of nitrogens with one attached hydrogen (secondary N) is 2.